The summed E-state index contributed by atoms with van der Waals surface area (Å²) in [6.07, 6.45) is 0. The van der Waals surface area contributed by atoms with Crippen LogP contribution < -0.4 is 10.3 Å². The van der Waals surface area contributed by atoms with E-state index in [1.807, 2.05) is 0 Å². The van der Waals surface area contributed by atoms with E-state index in [2.05, 4.69) is 10.2 Å². The summed E-state index contributed by atoms with van der Waals surface area (Å²) in [7, 11) is 2.99. The predicted octanol–water partition coefficient (Wildman–Crippen LogP) is 1.65. The molecule has 0 aliphatic heterocycles. The number of aryl methyl sites for hydroxylation is 1. The average Bonchev–Trinajstić information content (AvgIpc) is 3.14. The van der Waals surface area contributed by atoms with Crippen LogP contribution >= 0.6 is 0 Å². The number of hydrogen-bond donors (Lipinski definition) is 1. The molecule has 0 aliphatic carbocycles. The Balaban J connectivity index is 1.72. The zero-order valence-electron chi connectivity index (χ0n) is 15.1. The highest BCUT2D eigenvalue weighted by Crippen LogP contribution is 2.30. The molecular formula is C19H16N4O5. The van der Waals surface area contributed by atoms with E-state index in [1.165, 1.54) is 23.8 Å². The molecule has 0 saturated carbocycles. The number of aromatic hydroxyl groups is 1. The summed E-state index contributed by atoms with van der Waals surface area (Å²) in [5.41, 5.74) is 0.395. The Morgan fingerprint density at radius 2 is 1.93 bits per heavy atom. The second kappa shape index (κ2) is 6.69. The largest absolute Gasteiger partial charge is 0.504 e. The van der Waals surface area contributed by atoms with Crippen LogP contribution in [0.25, 0.3) is 16.7 Å². The number of hydrogen-bond acceptors (Lipinski definition) is 7. The average molecular weight is 380 g/mol. The summed E-state index contributed by atoms with van der Waals surface area (Å²) >= 11 is 0. The number of esters is 1. The number of para-hydroxylation sites is 2. The molecule has 4 rings (SSSR count). The SMILES string of the molecule is COc1cccc(C(=O)OCc2nnc3n(C)c(=O)c4ccccc4n23)c1O. The highest BCUT2D eigenvalue weighted by atomic mass is 16.5. The van der Waals surface area contributed by atoms with Gasteiger partial charge in [-0.2, -0.15) is 0 Å². The third-order valence-corrected chi connectivity index (χ3v) is 4.46. The van der Waals surface area contributed by atoms with E-state index in [0.29, 0.717) is 22.5 Å². The molecule has 0 amide bonds. The highest BCUT2D eigenvalue weighted by Gasteiger charge is 2.19. The summed E-state index contributed by atoms with van der Waals surface area (Å²) in [5, 5.41) is 18.7. The Morgan fingerprint density at radius 3 is 2.71 bits per heavy atom. The second-order valence-corrected chi connectivity index (χ2v) is 6.07. The van der Waals surface area contributed by atoms with Crippen molar-refractivity contribution in [2.75, 3.05) is 7.11 Å². The maximum absolute atomic E-state index is 12.5. The van der Waals surface area contributed by atoms with Gasteiger partial charge in [0, 0.05) is 7.05 Å². The number of phenolic OH excluding ortho intramolecular Hbond substituents is 1. The first-order valence-electron chi connectivity index (χ1n) is 8.37. The molecular weight excluding hydrogens is 364 g/mol. The lowest BCUT2D eigenvalue weighted by molar-refractivity contribution is 0.0457. The maximum atomic E-state index is 12.5. The molecule has 9 nitrogen and oxygen atoms in total. The van der Waals surface area contributed by atoms with Gasteiger partial charge < -0.3 is 14.6 Å². The van der Waals surface area contributed by atoms with E-state index >= 15 is 0 Å². The molecule has 2 heterocycles. The molecule has 0 unspecified atom stereocenters. The number of rotatable bonds is 4. The van der Waals surface area contributed by atoms with Crippen molar-refractivity contribution >= 4 is 22.6 Å². The van der Waals surface area contributed by atoms with Gasteiger partial charge in [-0.3, -0.25) is 13.8 Å². The van der Waals surface area contributed by atoms with Gasteiger partial charge in [-0.25, -0.2) is 4.79 Å². The van der Waals surface area contributed by atoms with E-state index in [9.17, 15) is 14.7 Å². The van der Waals surface area contributed by atoms with Crippen molar-refractivity contribution in [2.24, 2.45) is 7.05 Å². The summed E-state index contributed by atoms with van der Waals surface area (Å²) in [6, 6.07) is 11.6. The van der Waals surface area contributed by atoms with E-state index in [0.717, 1.165) is 0 Å². The lowest BCUT2D eigenvalue weighted by Gasteiger charge is -2.10. The molecule has 0 spiro atoms. The van der Waals surface area contributed by atoms with Gasteiger partial charge in [0.2, 0.25) is 5.78 Å². The summed E-state index contributed by atoms with van der Waals surface area (Å²) in [5.74, 6) is -0.184. The van der Waals surface area contributed by atoms with Crippen molar-refractivity contribution in [3.05, 3.63) is 64.2 Å². The topological polar surface area (TPSA) is 108 Å². The molecule has 2 aromatic carbocycles. The molecule has 0 atom stereocenters. The van der Waals surface area contributed by atoms with Crippen LogP contribution in [0.3, 0.4) is 0 Å². The normalized spacial score (nSPS) is 11.1. The lowest BCUT2D eigenvalue weighted by Crippen LogP contribution is -2.20. The lowest BCUT2D eigenvalue weighted by atomic mass is 10.2. The molecule has 9 heteroatoms. The van der Waals surface area contributed by atoms with E-state index < -0.39 is 5.97 Å². The number of carbonyl (C=O) groups is 1. The first-order valence-corrected chi connectivity index (χ1v) is 8.37. The molecule has 142 valence electrons. The van der Waals surface area contributed by atoms with Gasteiger partial charge in [0.1, 0.15) is 5.56 Å². The number of benzene rings is 2. The van der Waals surface area contributed by atoms with Gasteiger partial charge in [0.05, 0.1) is 18.0 Å². The molecule has 0 fully saturated rings. The number of fused-ring (bicyclic) bond motifs is 3. The number of carbonyl (C=O) groups excluding carboxylic acids is 1. The highest BCUT2D eigenvalue weighted by molar-refractivity contribution is 5.93. The molecule has 4 aromatic rings. The van der Waals surface area contributed by atoms with Crippen LogP contribution in [0.15, 0.2) is 47.3 Å². The molecule has 0 bridgehead atoms. The van der Waals surface area contributed by atoms with Crippen molar-refractivity contribution < 1.29 is 19.4 Å². The third kappa shape index (κ3) is 2.64. The fourth-order valence-electron chi connectivity index (χ4n) is 3.05. The van der Waals surface area contributed by atoms with Crippen LogP contribution in [0.5, 0.6) is 11.5 Å². The molecule has 2 aromatic heterocycles. The Kier molecular flexibility index (Phi) is 4.19. The van der Waals surface area contributed by atoms with Crippen molar-refractivity contribution in [2.45, 2.75) is 6.61 Å². The zero-order chi connectivity index (χ0) is 19.8. The quantitative estimate of drug-likeness (QED) is 0.536. The number of nitrogens with zero attached hydrogens (tertiary/aromatic N) is 4. The van der Waals surface area contributed by atoms with Gasteiger partial charge in [-0.05, 0) is 24.3 Å². The summed E-state index contributed by atoms with van der Waals surface area (Å²) in [6.45, 7) is -0.196. The number of ether oxygens (including phenoxy) is 2. The van der Waals surface area contributed by atoms with Crippen molar-refractivity contribution in [1.82, 2.24) is 19.2 Å². The van der Waals surface area contributed by atoms with Crippen molar-refractivity contribution in [1.29, 1.82) is 0 Å². The third-order valence-electron chi connectivity index (χ3n) is 4.46. The van der Waals surface area contributed by atoms with E-state index in [4.69, 9.17) is 9.47 Å². The predicted molar refractivity (Wildman–Crippen MR) is 99.5 cm³/mol. The standard InChI is InChI=1S/C19H16N4O5/c1-22-17(25)11-6-3-4-8-13(11)23-15(20-21-19(22)23)10-28-18(26)12-7-5-9-14(27-2)16(12)24/h3-9,24H,10H2,1-2H3. The van der Waals surface area contributed by atoms with Crippen LogP contribution in [0, 0.1) is 0 Å². The van der Waals surface area contributed by atoms with Crippen molar-refractivity contribution in [3.63, 3.8) is 0 Å². The van der Waals surface area contributed by atoms with Gasteiger partial charge in [-0.1, -0.05) is 18.2 Å². The molecule has 0 radical (unpaired) electrons. The van der Waals surface area contributed by atoms with Crippen LogP contribution in [0.4, 0.5) is 0 Å². The van der Waals surface area contributed by atoms with Gasteiger partial charge in [-0.15, -0.1) is 10.2 Å². The van der Waals surface area contributed by atoms with Gasteiger partial charge >= 0.3 is 5.97 Å². The molecule has 0 aliphatic rings. The minimum Gasteiger partial charge on any atom is -0.504 e. The van der Waals surface area contributed by atoms with Crippen molar-refractivity contribution in [3.8, 4) is 11.5 Å². The Bertz CT molecular complexity index is 1270. The number of methoxy groups -OCH3 is 1. The zero-order valence-corrected chi connectivity index (χ0v) is 15.1. The fraction of sp³-hybridized carbons (Fsp3) is 0.158. The number of aromatic nitrogens is 4. The fourth-order valence-corrected chi connectivity index (χ4v) is 3.05. The minimum absolute atomic E-state index is 0.0228. The van der Waals surface area contributed by atoms with Crippen LogP contribution in [0.2, 0.25) is 0 Å². The molecule has 1 N–H and O–H groups in total. The first-order chi connectivity index (χ1) is 13.5. The van der Waals surface area contributed by atoms with Crippen LogP contribution in [0.1, 0.15) is 16.2 Å². The van der Waals surface area contributed by atoms with Gasteiger partial charge in [0.25, 0.3) is 5.56 Å². The monoisotopic (exact) mass is 380 g/mol. The molecule has 0 saturated heterocycles. The van der Waals surface area contributed by atoms with E-state index in [1.54, 1.807) is 41.8 Å². The second-order valence-electron chi connectivity index (χ2n) is 6.07. The Hall–Kier alpha value is -3.88. The maximum Gasteiger partial charge on any atom is 0.342 e. The Morgan fingerprint density at radius 1 is 1.14 bits per heavy atom. The van der Waals surface area contributed by atoms with Crippen LogP contribution in [-0.4, -0.2) is 37.4 Å². The number of phenols is 1. The summed E-state index contributed by atoms with van der Waals surface area (Å²) in [4.78, 5) is 24.9. The van der Waals surface area contributed by atoms with E-state index in [-0.39, 0.29) is 29.2 Å². The summed E-state index contributed by atoms with van der Waals surface area (Å²) < 4.78 is 13.4. The minimum atomic E-state index is -0.734. The van der Waals surface area contributed by atoms with Crippen LogP contribution in [-0.2, 0) is 18.4 Å². The Labute approximate surface area is 158 Å². The smallest absolute Gasteiger partial charge is 0.342 e. The first kappa shape index (κ1) is 17.5. The molecule has 28 heavy (non-hydrogen) atoms. The van der Waals surface area contributed by atoms with Gasteiger partial charge in [0.15, 0.2) is 23.9 Å².